The number of benzene rings is 3. The number of hydrogen-bond acceptors (Lipinski definition) is 3. The van der Waals surface area contributed by atoms with E-state index in [2.05, 4.69) is 0 Å². The third kappa shape index (κ3) is 3.59. The number of amidine groups is 1. The number of nitrogens with zero attached hydrogens (tertiary/aromatic N) is 2. The van der Waals surface area contributed by atoms with Gasteiger partial charge in [-0.3, -0.25) is 4.99 Å². The Hall–Kier alpha value is -3.44. The van der Waals surface area contributed by atoms with E-state index in [1.165, 1.54) is 0 Å². The fourth-order valence-electron chi connectivity index (χ4n) is 4.32. The summed E-state index contributed by atoms with van der Waals surface area (Å²) in [6, 6.07) is 26.0. The van der Waals surface area contributed by atoms with Crippen LogP contribution in [0.5, 0.6) is 0 Å². The van der Waals surface area contributed by atoms with Crippen LogP contribution in [0.25, 0.3) is 0 Å². The quantitative estimate of drug-likeness (QED) is 0.506. The molecular formula is C27H24N2O2S. The van der Waals surface area contributed by atoms with Crippen LogP contribution in [0.3, 0.4) is 0 Å². The number of allylic oxidation sites excluding steroid dienone is 3. The first-order valence-electron chi connectivity index (χ1n) is 10.7. The second-order valence-electron chi connectivity index (χ2n) is 8.10. The van der Waals surface area contributed by atoms with Crippen molar-refractivity contribution in [2.75, 3.05) is 0 Å². The van der Waals surface area contributed by atoms with Crippen molar-refractivity contribution in [1.82, 2.24) is 4.31 Å². The second-order valence-corrected chi connectivity index (χ2v) is 9.92. The van der Waals surface area contributed by atoms with Crippen LogP contribution in [-0.2, 0) is 10.0 Å². The summed E-state index contributed by atoms with van der Waals surface area (Å²) in [7, 11) is -3.85. The van der Waals surface area contributed by atoms with Crippen LogP contribution >= 0.6 is 0 Å². The van der Waals surface area contributed by atoms with Crippen LogP contribution in [0.15, 0.2) is 119 Å². The molecule has 1 aliphatic carbocycles. The van der Waals surface area contributed by atoms with Crippen LogP contribution < -0.4 is 0 Å². The van der Waals surface area contributed by atoms with Crippen molar-refractivity contribution >= 4 is 15.9 Å². The lowest BCUT2D eigenvalue weighted by atomic mass is 9.95. The zero-order valence-corrected chi connectivity index (χ0v) is 18.6. The van der Waals surface area contributed by atoms with E-state index in [1.54, 1.807) is 16.4 Å². The van der Waals surface area contributed by atoms with E-state index in [9.17, 15) is 8.42 Å². The summed E-state index contributed by atoms with van der Waals surface area (Å²) in [5.41, 5.74) is 3.85. The molecule has 0 spiro atoms. The molecule has 3 aromatic rings. The number of rotatable bonds is 5. The highest BCUT2D eigenvalue weighted by atomic mass is 32.2. The third-order valence-corrected chi connectivity index (χ3v) is 7.73. The van der Waals surface area contributed by atoms with E-state index in [0.717, 1.165) is 22.3 Å². The summed E-state index contributed by atoms with van der Waals surface area (Å²) in [6.07, 6.45) is 6.62. The van der Waals surface area contributed by atoms with E-state index in [1.807, 2.05) is 97.9 Å². The molecule has 0 saturated heterocycles. The van der Waals surface area contributed by atoms with Gasteiger partial charge in [0.2, 0.25) is 0 Å². The highest BCUT2D eigenvalue weighted by Crippen LogP contribution is 2.46. The maximum absolute atomic E-state index is 14.1. The van der Waals surface area contributed by atoms with Gasteiger partial charge in [-0.15, -0.1) is 0 Å². The van der Waals surface area contributed by atoms with E-state index >= 15 is 0 Å². The summed E-state index contributed by atoms with van der Waals surface area (Å²) < 4.78 is 29.7. The fourth-order valence-corrected chi connectivity index (χ4v) is 5.95. The maximum atomic E-state index is 14.1. The van der Waals surface area contributed by atoms with Crippen molar-refractivity contribution in [3.8, 4) is 0 Å². The SMILES string of the molecule is Cc1ccc(S(=O)(=O)N2C(C3=CC=CC3)=N[C@H](c3ccccc3)[C@H]2c2ccccc2)cc1. The smallest absolute Gasteiger partial charge is 0.257 e. The zero-order valence-electron chi connectivity index (χ0n) is 17.8. The Bertz CT molecular complexity index is 1310. The lowest BCUT2D eigenvalue weighted by molar-refractivity contribution is 0.419. The van der Waals surface area contributed by atoms with E-state index in [4.69, 9.17) is 4.99 Å². The molecule has 0 bridgehead atoms. The van der Waals surface area contributed by atoms with Gasteiger partial charge in [-0.1, -0.05) is 96.6 Å². The predicted octanol–water partition coefficient (Wildman–Crippen LogP) is 5.77. The van der Waals surface area contributed by atoms with Gasteiger partial charge in [0, 0.05) is 0 Å². The van der Waals surface area contributed by atoms with Crippen LogP contribution in [0.1, 0.15) is 35.2 Å². The molecule has 2 atom stereocenters. The number of hydrogen-bond donors (Lipinski definition) is 0. The molecule has 5 heteroatoms. The average Bonchev–Trinajstić information content (AvgIpc) is 3.49. The summed E-state index contributed by atoms with van der Waals surface area (Å²) in [5.74, 6) is 0.526. The standard InChI is InChI=1S/C27H24N2O2S/c1-20-16-18-24(19-17-20)32(30,31)29-26(22-12-6-3-7-13-22)25(21-10-4-2-5-11-21)28-27(29)23-14-8-9-15-23/h2-14,16-19,25-26H,15H2,1H3/t25-,26-/m1/s1. The first kappa shape index (κ1) is 20.5. The van der Waals surface area contributed by atoms with Crippen molar-refractivity contribution in [3.05, 3.63) is 125 Å². The van der Waals surface area contributed by atoms with Gasteiger partial charge < -0.3 is 0 Å². The van der Waals surface area contributed by atoms with E-state index in [0.29, 0.717) is 12.3 Å². The molecule has 0 unspecified atom stereocenters. The summed E-state index contributed by atoms with van der Waals surface area (Å²) in [6.45, 7) is 1.95. The van der Waals surface area contributed by atoms with E-state index < -0.39 is 16.1 Å². The molecule has 0 amide bonds. The Morgan fingerprint density at radius 3 is 2.06 bits per heavy atom. The molecule has 0 saturated carbocycles. The largest absolute Gasteiger partial charge is 0.266 e. The highest BCUT2D eigenvalue weighted by Gasteiger charge is 2.45. The van der Waals surface area contributed by atoms with Gasteiger partial charge in [0.25, 0.3) is 10.0 Å². The Labute approximate surface area is 189 Å². The number of aliphatic imine (C=N–C) groups is 1. The molecule has 3 aromatic carbocycles. The molecule has 4 nitrogen and oxygen atoms in total. The minimum Gasteiger partial charge on any atom is -0.257 e. The van der Waals surface area contributed by atoms with E-state index in [-0.39, 0.29) is 10.9 Å². The molecular weight excluding hydrogens is 416 g/mol. The van der Waals surface area contributed by atoms with Crippen LogP contribution in [-0.4, -0.2) is 18.6 Å². The molecule has 5 rings (SSSR count). The van der Waals surface area contributed by atoms with Crippen molar-refractivity contribution in [2.45, 2.75) is 30.3 Å². The monoisotopic (exact) mass is 440 g/mol. The van der Waals surface area contributed by atoms with Crippen LogP contribution in [0, 0.1) is 6.92 Å². The Morgan fingerprint density at radius 1 is 0.844 bits per heavy atom. The van der Waals surface area contributed by atoms with Crippen molar-refractivity contribution in [1.29, 1.82) is 0 Å². The molecule has 2 aliphatic rings. The Balaban J connectivity index is 1.72. The fraction of sp³-hybridized carbons (Fsp3) is 0.148. The van der Waals surface area contributed by atoms with Gasteiger partial charge in [0.15, 0.2) is 0 Å². The molecule has 0 radical (unpaired) electrons. The van der Waals surface area contributed by atoms with Gasteiger partial charge in [0.05, 0.1) is 10.9 Å². The van der Waals surface area contributed by atoms with Crippen molar-refractivity contribution in [3.63, 3.8) is 0 Å². The predicted molar refractivity (Wildman–Crippen MR) is 128 cm³/mol. The molecule has 160 valence electrons. The first-order chi connectivity index (χ1) is 15.6. The number of sulfonamides is 1. The minimum atomic E-state index is -3.85. The van der Waals surface area contributed by atoms with Gasteiger partial charge in [-0.25, -0.2) is 12.7 Å². The van der Waals surface area contributed by atoms with Gasteiger partial charge in [0.1, 0.15) is 11.9 Å². The lowest BCUT2D eigenvalue weighted by Gasteiger charge is -2.30. The average molecular weight is 441 g/mol. The molecule has 32 heavy (non-hydrogen) atoms. The normalized spacial score (nSPS) is 20.3. The van der Waals surface area contributed by atoms with Crippen molar-refractivity contribution < 1.29 is 8.42 Å². The van der Waals surface area contributed by atoms with Gasteiger partial charge >= 0.3 is 0 Å². The maximum Gasteiger partial charge on any atom is 0.266 e. The van der Waals surface area contributed by atoms with Gasteiger partial charge in [-0.05, 0) is 42.2 Å². The Kier molecular flexibility index (Phi) is 5.27. The third-order valence-electron chi connectivity index (χ3n) is 5.94. The van der Waals surface area contributed by atoms with Gasteiger partial charge in [-0.2, -0.15) is 0 Å². The topological polar surface area (TPSA) is 49.7 Å². The zero-order chi connectivity index (χ0) is 22.1. The molecule has 1 aliphatic heterocycles. The van der Waals surface area contributed by atoms with Crippen molar-refractivity contribution in [2.24, 2.45) is 4.99 Å². The number of aryl methyl sites for hydroxylation is 1. The van der Waals surface area contributed by atoms with Crippen LogP contribution in [0.4, 0.5) is 0 Å². The molecule has 1 heterocycles. The van der Waals surface area contributed by atoms with Crippen LogP contribution in [0.2, 0.25) is 0 Å². The lowest BCUT2D eigenvalue weighted by Crippen LogP contribution is -2.38. The Morgan fingerprint density at radius 2 is 1.47 bits per heavy atom. The summed E-state index contributed by atoms with van der Waals surface area (Å²) in [4.78, 5) is 5.32. The molecule has 0 N–H and O–H groups in total. The summed E-state index contributed by atoms with van der Waals surface area (Å²) >= 11 is 0. The highest BCUT2D eigenvalue weighted by molar-refractivity contribution is 7.89. The summed E-state index contributed by atoms with van der Waals surface area (Å²) in [5, 5.41) is 0. The second kappa shape index (κ2) is 8.24. The minimum absolute atomic E-state index is 0.275. The molecule has 0 aromatic heterocycles. The first-order valence-corrected chi connectivity index (χ1v) is 12.1. The molecule has 0 fully saturated rings.